The molecule has 0 bridgehead atoms. The van der Waals surface area contributed by atoms with Gasteiger partial charge in [-0.2, -0.15) is 26.3 Å². The summed E-state index contributed by atoms with van der Waals surface area (Å²) in [5.74, 6) is -7.31. The molecule has 0 radical (unpaired) electrons. The Kier molecular flexibility index (Phi) is 9.70. The first kappa shape index (κ1) is 32.2. The Balaban J connectivity index is 1.80. The Morgan fingerprint density at radius 3 is 2.07 bits per heavy atom. The van der Waals surface area contributed by atoms with Gasteiger partial charge in [0.15, 0.2) is 0 Å². The van der Waals surface area contributed by atoms with E-state index in [4.69, 9.17) is 5.73 Å². The molecule has 2 aromatic carbocycles. The zero-order chi connectivity index (χ0) is 32.1. The standard InChI is InChI=1S/C30H27F6N5O3/c31-29(32,33)14-12-20(25(37)42)21(13-15-30(34,35)36)27(43)40-26-28(44)41(19-9-6-16-38-17-19)23-11-5-4-10-22(23)24(39-26)18-7-2-1-3-8-18/h1-11,16-17,20-21,26H,12-15H2,(H2,37,42)(H,40,43)/t20-,21+,26-/m1/s1. The molecule has 3 aromatic rings. The molecule has 1 aliphatic heterocycles. The van der Waals surface area contributed by atoms with Crippen LogP contribution in [-0.4, -0.2) is 46.9 Å². The third-order valence-electron chi connectivity index (χ3n) is 7.01. The Hall–Kier alpha value is -4.75. The van der Waals surface area contributed by atoms with Crippen LogP contribution in [0, 0.1) is 11.8 Å². The molecule has 44 heavy (non-hydrogen) atoms. The Morgan fingerprint density at radius 1 is 0.864 bits per heavy atom. The lowest BCUT2D eigenvalue weighted by atomic mass is 9.83. The molecule has 0 saturated carbocycles. The number of benzene rings is 2. The largest absolute Gasteiger partial charge is 0.389 e. The van der Waals surface area contributed by atoms with E-state index in [1.807, 2.05) is 0 Å². The number of nitrogens with two attached hydrogens (primary N) is 1. The average molecular weight is 620 g/mol. The van der Waals surface area contributed by atoms with Crippen LogP contribution in [0.1, 0.15) is 36.8 Å². The quantitative estimate of drug-likeness (QED) is 0.294. The summed E-state index contributed by atoms with van der Waals surface area (Å²) in [6.45, 7) is 0. The van der Waals surface area contributed by atoms with E-state index in [1.165, 1.54) is 17.3 Å². The van der Waals surface area contributed by atoms with E-state index in [1.54, 1.807) is 66.7 Å². The molecule has 2 heterocycles. The Morgan fingerprint density at radius 2 is 1.48 bits per heavy atom. The lowest BCUT2D eigenvalue weighted by Crippen LogP contribution is -2.50. The third kappa shape index (κ3) is 7.99. The van der Waals surface area contributed by atoms with Gasteiger partial charge in [-0.1, -0.05) is 48.5 Å². The number of halogens is 6. The molecule has 0 aliphatic carbocycles. The van der Waals surface area contributed by atoms with Gasteiger partial charge in [-0.15, -0.1) is 0 Å². The van der Waals surface area contributed by atoms with E-state index in [0.717, 1.165) is 0 Å². The Bertz CT molecular complexity index is 1510. The first-order chi connectivity index (χ1) is 20.7. The minimum Gasteiger partial charge on any atom is -0.369 e. The molecule has 3 atom stereocenters. The smallest absolute Gasteiger partial charge is 0.369 e. The highest BCUT2D eigenvalue weighted by molar-refractivity contribution is 6.21. The summed E-state index contributed by atoms with van der Waals surface area (Å²) in [5.41, 5.74) is 7.21. The van der Waals surface area contributed by atoms with Crippen LogP contribution in [0.5, 0.6) is 0 Å². The van der Waals surface area contributed by atoms with Crippen LogP contribution in [0.3, 0.4) is 0 Å². The number of aliphatic imine (C=N–C) groups is 1. The fourth-order valence-corrected chi connectivity index (χ4v) is 4.97. The molecule has 4 rings (SSSR count). The number of hydrogen-bond acceptors (Lipinski definition) is 5. The van der Waals surface area contributed by atoms with Crippen LogP contribution in [0.2, 0.25) is 0 Å². The van der Waals surface area contributed by atoms with Crippen molar-refractivity contribution in [1.82, 2.24) is 10.3 Å². The normalized spacial score (nSPS) is 16.8. The van der Waals surface area contributed by atoms with Gasteiger partial charge in [-0.25, -0.2) is 4.99 Å². The van der Waals surface area contributed by atoms with Crippen LogP contribution in [0.25, 0.3) is 0 Å². The zero-order valence-corrected chi connectivity index (χ0v) is 23.0. The molecule has 0 unspecified atom stereocenters. The second-order valence-electron chi connectivity index (χ2n) is 10.1. The third-order valence-corrected chi connectivity index (χ3v) is 7.01. The van der Waals surface area contributed by atoms with Gasteiger partial charge < -0.3 is 11.1 Å². The van der Waals surface area contributed by atoms with Gasteiger partial charge in [0.25, 0.3) is 5.91 Å². The van der Waals surface area contributed by atoms with Crippen molar-refractivity contribution in [2.45, 2.75) is 44.2 Å². The lowest BCUT2D eigenvalue weighted by Gasteiger charge is -2.28. The van der Waals surface area contributed by atoms with Gasteiger partial charge in [-0.3, -0.25) is 24.3 Å². The fourth-order valence-electron chi connectivity index (χ4n) is 4.97. The number of pyridine rings is 1. The lowest BCUT2D eigenvalue weighted by molar-refractivity contribution is -0.152. The van der Waals surface area contributed by atoms with Gasteiger partial charge in [0.1, 0.15) is 0 Å². The van der Waals surface area contributed by atoms with Crippen molar-refractivity contribution in [1.29, 1.82) is 0 Å². The highest BCUT2D eigenvalue weighted by Gasteiger charge is 2.41. The van der Waals surface area contributed by atoms with Gasteiger partial charge >= 0.3 is 12.4 Å². The summed E-state index contributed by atoms with van der Waals surface area (Å²) in [6, 6.07) is 18.4. The van der Waals surface area contributed by atoms with Crippen LogP contribution in [0.15, 0.2) is 84.1 Å². The summed E-state index contributed by atoms with van der Waals surface area (Å²) in [7, 11) is 0. The predicted molar refractivity (Wildman–Crippen MR) is 149 cm³/mol. The number of amides is 3. The number of alkyl halides is 6. The van der Waals surface area contributed by atoms with Crippen molar-refractivity contribution in [3.63, 3.8) is 0 Å². The van der Waals surface area contributed by atoms with Crippen molar-refractivity contribution < 1.29 is 40.7 Å². The van der Waals surface area contributed by atoms with Crippen molar-refractivity contribution in [2.24, 2.45) is 22.6 Å². The maximum atomic E-state index is 14.1. The van der Waals surface area contributed by atoms with E-state index in [0.29, 0.717) is 16.8 Å². The first-order valence-electron chi connectivity index (χ1n) is 13.4. The van der Waals surface area contributed by atoms with Crippen LogP contribution in [0.4, 0.5) is 37.7 Å². The number of nitrogens with one attached hydrogen (secondary N) is 1. The SMILES string of the molecule is NC(=O)[C@H](CCC(F)(F)F)[C@H](CCC(F)(F)F)C(=O)N[C@H]1N=C(c2ccccc2)c2ccccc2N(c2cccnc2)C1=O. The number of para-hydroxylation sites is 1. The first-order valence-corrected chi connectivity index (χ1v) is 13.4. The molecule has 3 amide bonds. The number of benzodiazepines with no additional fused rings is 1. The van der Waals surface area contributed by atoms with Crippen LogP contribution in [-0.2, 0) is 14.4 Å². The number of nitrogens with zero attached hydrogens (tertiary/aromatic N) is 3. The second kappa shape index (κ2) is 13.3. The number of primary amides is 1. The van der Waals surface area contributed by atoms with Crippen molar-refractivity contribution in [3.05, 3.63) is 90.3 Å². The average Bonchev–Trinajstić information content (AvgIpc) is 3.08. The molecule has 3 N–H and O–H groups in total. The summed E-state index contributed by atoms with van der Waals surface area (Å²) in [4.78, 5) is 49.7. The van der Waals surface area contributed by atoms with Crippen molar-refractivity contribution in [3.8, 4) is 0 Å². The maximum absolute atomic E-state index is 14.1. The number of hydrogen-bond donors (Lipinski definition) is 2. The molecular weight excluding hydrogens is 592 g/mol. The van der Waals surface area contributed by atoms with Gasteiger partial charge in [0.2, 0.25) is 18.0 Å². The van der Waals surface area contributed by atoms with E-state index in [2.05, 4.69) is 15.3 Å². The van der Waals surface area contributed by atoms with Gasteiger partial charge in [-0.05, 0) is 31.0 Å². The second-order valence-corrected chi connectivity index (χ2v) is 10.1. The molecule has 8 nitrogen and oxygen atoms in total. The van der Waals surface area contributed by atoms with Gasteiger partial charge in [0, 0.05) is 42.0 Å². The van der Waals surface area contributed by atoms with Crippen LogP contribution < -0.4 is 16.0 Å². The van der Waals surface area contributed by atoms with E-state index >= 15 is 0 Å². The minimum atomic E-state index is -4.79. The highest BCUT2D eigenvalue weighted by Crippen LogP contribution is 2.35. The topological polar surface area (TPSA) is 118 Å². The van der Waals surface area contributed by atoms with Crippen LogP contribution >= 0.6 is 0 Å². The number of fused-ring (bicyclic) bond motifs is 1. The summed E-state index contributed by atoms with van der Waals surface area (Å²) in [5, 5.41) is 2.32. The summed E-state index contributed by atoms with van der Waals surface area (Å²) in [6.07, 6.45) is -13.6. The van der Waals surface area contributed by atoms with E-state index in [9.17, 15) is 40.7 Å². The summed E-state index contributed by atoms with van der Waals surface area (Å²) >= 11 is 0. The van der Waals surface area contributed by atoms with Gasteiger partial charge in [0.05, 0.1) is 23.3 Å². The van der Waals surface area contributed by atoms with Crippen molar-refractivity contribution in [2.75, 3.05) is 4.90 Å². The number of aromatic nitrogens is 1. The number of carbonyl (C=O) groups excluding carboxylic acids is 3. The molecule has 232 valence electrons. The maximum Gasteiger partial charge on any atom is 0.389 e. The highest BCUT2D eigenvalue weighted by atomic mass is 19.4. The molecule has 0 spiro atoms. The molecule has 0 fully saturated rings. The predicted octanol–water partition coefficient (Wildman–Crippen LogP) is 5.44. The molecule has 1 aliphatic rings. The zero-order valence-electron chi connectivity index (χ0n) is 23.0. The molecule has 0 saturated heterocycles. The Labute approximate surface area is 248 Å². The number of rotatable bonds is 10. The van der Waals surface area contributed by atoms with Crippen molar-refractivity contribution >= 4 is 34.8 Å². The van der Waals surface area contributed by atoms with E-state index in [-0.39, 0.29) is 11.4 Å². The van der Waals surface area contributed by atoms with E-state index < -0.39 is 73.8 Å². The fraction of sp³-hybridized carbons (Fsp3) is 0.300. The summed E-state index contributed by atoms with van der Waals surface area (Å²) < 4.78 is 78.7. The monoisotopic (exact) mass is 619 g/mol. The number of carbonyl (C=O) groups is 3. The molecular formula is C30H27F6N5O3. The molecule has 1 aromatic heterocycles. The minimum absolute atomic E-state index is 0.251. The molecule has 14 heteroatoms. The number of anilines is 2.